The van der Waals surface area contributed by atoms with Gasteiger partial charge in [-0.25, -0.2) is 4.39 Å². The topological polar surface area (TPSA) is 38.0 Å². The summed E-state index contributed by atoms with van der Waals surface area (Å²) in [5.41, 5.74) is 1.22. The standard InChI is InChI=1S/C15H13FN2O/c1-18-9-8-14(17-18)15(19)12-6-7-13(16)11-5-3-2-4-10(11)12/h2-9,15,19H,1H3. The largest absolute Gasteiger partial charge is 0.382 e. The molecule has 0 aliphatic rings. The van der Waals surface area contributed by atoms with Crippen LogP contribution in [-0.2, 0) is 7.05 Å². The average molecular weight is 256 g/mol. The van der Waals surface area contributed by atoms with E-state index in [1.54, 1.807) is 48.3 Å². The van der Waals surface area contributed by atoms with Crippen molar-refractivity contribution in [3.63, 3.8) is 0 Å². The number of benzene rings is 2. The number of aliphatic hydroxyl groups is 1. The van der Waals surface area contributed by atoms with Crippen LogP contribution >= 0.6 is 0 Å². The van der Waals surface area contributed by atoms with Crippen LogP contribution in [0, 0.1) is 5.82 Å². The van der Waals surface area contributed by atoms with Crippen LogP contribution in [0.4, 0.5) is 4.39 Å². The Balaban J connectivity index is 2.18. The summed E-state index contributed by atoms with van der Waals surface area (Å²) in [6.45, 7) is 0. The van der Waals surface area contributed by atoms with Gasteiger partial charge in [-0.05, 0) is 23.1 Å². The lowest BCUT2D eigenvalue weighted by atomic mass is 9.98. The van der Waals surface area contributed by atoms with Gasteiger partial charge in [0.05, 0.1) is 5.69 Å². The van der Waals surface area contributed by atoms with Crippen molar-refractivity contribution >= 4 is 10.8 Å². The zero-order chi connectivity index (χ0) is 13.4. The van der Waals surface area contributed by atoms with Crippen molar-refractivity contribution in [3.8, 4) is 0 Å². The Kier molecular flexibility index (Phi) is 2.80. The van der Waals surface area contributed by atoms with E-state index >= 15 is 0 Å². The molecule has 1 aromatic heterocycles. The molecule has 0 radical (unpaired) electrons. The van der Waals surface area contributed by atoms with Gasteiger partial charge in [0.15, 0.2) is 0 Å². The second-order valence-electron chi connectivity index (χ2n) is 4.50. The van der Waals surface area contributed by atoms with Gasteiger partial charge in [-0.3, -0.25) is 4.68 Å². The van der Waals surface area contributed by atoms with E-state index in [4.69, 9.17) is 0 Å². The maximum atomic E-state index is 13.7. The fraction of sp³-hybridized carbons (Fsp3) is 0.133. The number of nitrogens with zero attached hydrogens (tertiary/aromatic N) is 2. The fourth-order valence-corrected chi connectivity index (χ4v) is 2.26. The predicted octanol–water partition coefficient (Wildman–Crippen LogP) is 2.79. The van der Waals surface area contributed by atoms with Gasteiger partial charge in [0.25, 0.3) is 0 Å². The Morgan fingerprint density at radius 2 is 1.84 bits per heavy atom. The summed E-state index contributed by atoms with van der Waals surface area (Å²) in [6, 6.07) is 11.9. The molecule has 1 N–H and O–H groups in total. The van der Waals surface area contributed by atoms with Crippen molar-refractivity contribution in [1.29, 1.82) is 0 Å². The highest BCUT2D eigenvalue weighted by molar-refractivity contribution is 5.86. The van der Waals surface area contributed by atoms with Crippen molar-refractivity contribution in [1.82, 2.24) is 9.78 Å². The van der Waals surface area contributed by atoms with E-state index < -0.39 is 6.10 Å². The number of rotatable bonds is 2. The van der Waals surface area contributed by atoms with Crippen molar-refractivity contribution in [2.24, 2.45) is 7.05 Å². The molecule has 1 atom stereocenters. The highest BCUT2D eigenvalue weighted by atomic mass is 19.1. The van der Waals surface area contributed by atoms with E-state index in [9.17, 15) is 9.50 Å². The molecule has 1 heterocycles. The van der Waals surface area contributed by atoms with Crippen molar-refractivity contribution in [3.05, 3.63) is 65.7 Å². The quantitative estimate of drug-likeness (QED) is 0.765. The monoisotopic (exact) mass is 256 g/mol. The molecular weight excluding hydrogens is 243 g/mol. The Labute approximate surface area is 109 Å². The minimum Gasteiger partial charge on any atom is -0.382 e. The van der Waals surface area contributed by atoms with E-state index in [0.717, 1.165) is 0 Å². The first kappa shape index (κ1) is 11.9. The molecule has 0 spiro atoms. The van der Waals surface area contributed by atoms with E-state index in [1.165, 1.54) is 6.07 Å². The fourth-order valence-electron chi connectivity index (χ4n) is 2.26. The number of aliphatic hydroxyl groups excluding tert-OH is 1. The van der Waals surface area contributed by atoms with Crippen LogP contribution in [0.15, 0.2) is 48.7 Å². The van der Waals surface area contributed by atoms with Gasteiger partial charge < -0.3 is 5.11 Å². The lowest BCUT2D eigenvalue weighted by molar-refractivity contribution is 0.216. The lowest BCUT2D eigenvalue weighted by Crippen LogP contribution is -2.03. The Morgan fingerprint density at radius 3 is 2.53 bits per heavy atom. The Hall–Kier alpha value is -2.20. The summed E-state index contributed by atoms with van der Waals surface area (Å²) in [5.74, 6) is -0.285. The van der Waals surface area contributed by atoms with Crippen LogP contribution in [0.3, 0.4) is 0 Å². The third kappa shape index (κ3) is 2.00. The third-order valence-corrected chi connectivity index (χ3v) is 3.21. The lowest BCUT2D eigenvalue weighted by Gasteiger charge is -2.12. The SMILES string of the molecule is Cn1ccc(C(O)c2ccc(F)c3ccccc23)n1. The Morgan fingerprint density at radius 1 is 1.11 bits per heavy atom. The number of aromatic nitrogens is 2. The van der Waals surface area contributed by atoms with Crippen LogP contribution in [0.1, 0.15) is 17.4 Å². The van der Waals surface area contributed by atoms with Crippen molar-refractivity contribution < 1.29 is 9.50 Å². The first-order chi connectivity index (χ1) is 9.16. The average Bonchev–Trinajstić information content (AvgIpc) is 2.86. The molecular formula is C15H13FN2O. The molecule has 0 aliphatic carbocycles. The van der Waals surface area contributed by atoms with Crippen LogP contribution in [0.25, 0.3) is 10.8 Å². The molecule has 0 bridgehead atoms. The molecule has 96 valence electrons. The molecule has 0 fully saturated rings. The number of fused-ring (bicyclic) bond motifs is 1. The van der Waals surface area contributed by atoms with Gasteiger partial charge >= 0.3 is 0 Å². The van der Waals surface area contributed by atoms with E-state index in [0.29, 0.717) is 22.0 Å². The smallest absolute Gasteiger partial charge is 0.131 e. The highest BCUT2D eigenvalue weighted by Gasteiger charge is 2.17. The third-order valence-electron chi connectivity index (χ3n) is 3.21. The predicted molar refractivity (Wildman–Crippen MR) is 71.2 cm³/mol. The van der Waals surface area contributed by atoms with Crippen LogP contribution in [0.2, 0.25) is 0 Å². The minimum absolute atomic E-state index is 0.285. The summed E-state index contributed by atoms with van der Waals surface area (Å²) < 4.78 is 15.4. The zero-order valence-corrected chi connectivity index (χ0v) is 10.4. The van der Waals surface area contributed by atoms with Gasteiger partial charge in [0, 0.05) is 18.6 Å². The highest BCUT2D eigenvalue weighted by Crippen LogP contribution is 2.29. The van der Waals surface area contributed by atoms with Gasteiger partial charge in [-0.1, -0.05) is 30.3 Å². The number of aryl methyl sites for hydroxylation is 1. The molecule has 19 heavy (non-hydrogen) atoms. The van der Waals surface area contributed by atoms with Crippen molar-refractivity contribution in [2.75, 3.05) is 0 Å². The molecule has 0 saturated carbocycles. The first-order valence-electron chi connectivity index (χ1n) is 6.01. The number of hydrogen-bond donors (Lipinski definition) is 1. The zero-order valence-electron chi connectivity index (χ0n) is 10.4. The molecule has 0 amide bonds. The van der Waals surface area contributed by atoms with E-state index in [2.05, 4.69) is 5.10 Å². The number of hydrogen-bond acceptors (Lipinski definition) is 2. The van der Waals surface area contributed by atoms with Crippen LogP contribution < -0.4 is 0 Å². The second kappa shape index (κ2) is 4.48. The molecule has 2 aromatic carbocycles. The van der Waals surface area contributed by atoms with Gasteiger partial charge in [-0.15, -0.1) is 0 Å². The van der Waals surface area contributed by atoms with Crippen molar-refractivity contribution in [2.45, 2.75) is 6.10 Å². The maximum absolute atomic E-state index is 13.7. The molecule has 0 aliphatic heterocycles. The van der Waals surface area contributed by atoms with Crippen LogP contribution in [0.5, 0.6) is 0 Å². The summed E-state index contributed by atoms with van der Waals surface area (Å²) in [5, 5.41) is 15.8. The van der Waals surface area contributed by atoms with Gasteiger partial charge in [0.1, 0.15) is 11.9 Å². The minimum atomic E-state index is -0.855. The van der Waals surface area contributed by atoms with E-state index in [1.807, 2.05) is 6.07 Å². The molecule has 0 saturated heterocycles. The summed E-state index contributed by atoms with van der Waals surface area (Å²) >= 11 is 0. The van der Waals surface area contributed by atoms with Gasteiger partial charge in [-0.2, -0.15) is 5.10 Å². The summed E-state index contributed by atoms with van der Waals surface area (Å²) in [7, 11) is 1.79. The summed E-state index contributed by atoms with van der Waals surface area (Å²) in [6.07, 6.45) is 0.913. The first-order valence-corrected chi connectivity index (χ1v) is 6.01. The van der Waals surface area contributed by atoms with E-state index in [-0.39, 0.29) is 5.82 Å². The maximum Gasteiger partial charge on any atom is 0.131 e. The van der Waals surface area contributed by atoms with Crippen LogP contribution in [-0.4, -0.2) is 14.9 Å². The summed E-state index contributed by atoms with van der Waals surface area (Å²) in [4.78, 5) is 0. The molecule has 3 nitrogen and oxygen atoms in total. The normalized spacial score (nSPS) is 12.8. The molecule has 3 aromatic rings. The molecule has 1 unspecified atom stereocenters. The second-order valence-corrected chi connectivity index (χ2v) is 4.50. The molecule has 4 heteroatoms. The Bertz CT molecular complexity index is 736. The van der Waals surface area contributed by atoms with Gasteiger partial charge in [0.2, 0.25) is 0 Å². The number of halogens is 1. The molecule has 3 rings (SSSR count).